The van der Waals surface area contributed by atoms with Crippen molar-refractivity contribution in [2.75, 3.05) is 0 Å². The van der Waals surface area contributed by atoms with Gasteiger partial charge in [-0.25, -0.2) is 0 Å². The van der Waals surface area contributed by atoms with Gasteiger partial charge < -0.3 is 0 Å². The van der Waals surface area contributed by atoms with Crippen molar-refractivity contribution in [1.82, 2.24) is 30.0 Å². The van der Waals surface area contributed by atoms with Crippen LogP contribution in [0, 0.1) is 0 Å². The predicted molar refractivity (Wildman–Crippen MR) is 139 cm³/mol. The maximum atomic E-state index is 4.23. The average molecular weight is 465 g/mol. The first kappa shape index (κ1) is 26.1. The van der Waals surface area contributed by atoms with Gasteiger partial charge in [0.1, 0.15) is 0 Å². The summed E-state index contributed by atoms with van der Waals surface area (Å²) in [4.78, 5) is 0. The first-order chi connectivity index (χ1) is 16.5. The zero-order valence-corrected chi connectivity index (χ0v) is 21.8. The largest absolute Gasteiger partial charge is 0.252 e. The van der Waals surface area contributed by atoms with Crippen molar-refractivity contribution in [3.05, 3.63) is 59.2 Å². The van der Waals surface area contributed by atoms with E-state index in [0.717, 1.165) is 24.5 Å². The van der Waals surface area contributed by atoms with Crippen molar-refractivity contribution in [3.8, 4) is 0 Å². The van der Waals surface area contributed by atoms with Crippen LogP contribution in [0.25, 0.3) is 0 Å². The third-order valence-corrected chi connectivity index (χ3v) is 6.52. The van der Waals surface area contributed by atoms with Crippen molar-refractivity contribution < 1.29 is 0 Å². The second kappa shape index (κ2) is 14.0. The molecule has 0 aliphatic rings. The molecule has 0 fully saturated rings. The molecule has 0 amide bonds. The fourth-order valence-corrected chi connectivity index (χ4v) is 4.16. The van der Waals surface area contributed by atoms with Gasteiger partial charge in [-0.1, -0.05) is 88.1 Å². The molecule has 0 unspecified atom stereocenters. The van der Waals surface area contributed by atoms with Crippen LogP contribution >= 0.6 is 0 Å². The van der Waals surface area contributed by atoms with Crippen LogP contribution in [-0.4, -0.2) is 30.0 Å². The highest BCUT2D eigenvalue weighted by Gasteiger charge is 2.05. The molecule has 0 atom stereocenters. The van der Waals surface area contributed by atoms with E-state index < -0.39 is 0 Å². The minimum absolute atomic E-state index is 0.453. The zero-order chi connectivity index (χ0) is 24.2. The summed E-state index contributed by atoms with van der Waals surface area (Å²) < 4.78 is 3.99. The quantitative estimate of drug-likeness (QED) is 0.221. The van der Waals surface area contributed by atoms with E-state index in [1.807, 2.05) is 9.36 Å². The third-order valence-electron chi connectivity index (χ3n) is 6.52. The van der Waals surface area contributed by atoms with Gasteiger partial charge >= 0.3 is 0 Å². The van der Waals surface area contributed by atoms with Crippen molar-refractivity contribution >= 4 is 0 Å². The fourth-order valence-electron chi connectivity index (χ4n) is 4.16. The van der Waals surface area contributed by atoms with Gasteiger partial charge in [-0.15, -0.1) is 10.2 Å². The minimum Gasteiger partial charge on any atom is -0.252 e. The van der Waals surface area contributed by atoms with Gasteiger partial charge in [-0.05, 0) is 61.5 Å². The van der Waals surface area contributed by atoms with E-state index in [1.54, 1.807) is 0 Å². The first-order valence-corrected chi connectivity index (χ1v) is 13.4. The van der Waals surface area contributed by atoms with E-state index in [4.69, 9.17) is 0 Å². The Balaban J connectivity index is 1.20. The van der Waals surface area contributed by atoms with Gasteiger partial charge in [0.05, 0.1) is 11.4 Å². The molecule has 0 spiro atoms. The predicted octanol–water partition coefficient (Wildman–Crippen LogP) is 6.72. The van der Waals surface area contributed by atoms with Crippen LogP contribution in [0.5, 0.6) is 0 Å². The second-order valence-electron chi connectivity index (χ2n) is 10.3. The smallest absolute Gasteiger partial charge is 0.0852 e. The van der Waals surface area contributed by atoms with Crippen molar-refractivity contribution in [2.45, 2.75) is 117 Å². The van der Waals surface area contributed by atoms with Gasteiger partial charge in [-0.2, -0.15) is 0 Å². The molecule has 6 heteroatoms. The van der Waals surface area contributed by atoms with Gasteiger partial charge in [-0.3, -0.25) is 9.36 Å². The molecule has 2 aromatic heterocycles. The highest BCUT2D eigenvalue weighted by atomic mass is 15.4. The van der Waals surface area contributed by atoms with Crippen molar-refractivity contribution in [2.24, 2.45) is 0 Å². The molecule has 0 bridgehead atoms. The lowest BCUT2D eigenvalue weighted by Gasteiger charge is -2.06. The average Bonchev–Trinajstić information content (AvgIpc) is 3.49. The number of aromatic nitrogens is 6. The summed E-state index contributed by atoms with van der Waals surface area (Å²) in [5.41, 5.74) is 5.11. The summed E-state index contributed by atoms with van der Waals surface area (Å²) >= 11 is 0. The number of rotatable bonds is 16. The van der Waals surface area contributed by atoms with Gasteiger partial charge in [0.25, 0.3) is 0 Å². The monoisotopic (exact) mass is 464 g/mol. The van der Waals surface area contributed by atoms with Crippen LogP contribution < -0.4 is 0 Å². The lowest BCUT2D eigenvalue weighted by atomic mass is 10.0. The molecule has 0 saturated heterocycles. The van der Waals surface area contributed by atoms with Crippen LogP contribution in [0.4, 0.5) is 0 Å². The Morgan fingerprint density at radius 2 is 0.941 bits per heavy atom. The Kier molecular flexibility index (Phi) is 10.8. The molecule has 0 saturated carbocycles. The lowest BCUT2D eigenvalue weighted by molar-refractivity contribution is 0.522. The Labute approximate surface area is 206 Å². The van der Waals surface area contributed by atoms with Crippen LogP contribution in [0.2, 0.25) is 0 Å². The summed E-state index contributed by atoms with van der Waals surface area (Å²) in [5, 5.41) is 16.9. The normalized spacial score (nSPS) is 11.7. The van der Waals surface area contributed by atoms with Gasteiger partial charge in [0, 0.05) is 25.5 Å². The van der Waals surface area contributed by atoms with E-state index in [0.29, 0.717) is 11.8 Å². The maximum Gasteiger partial charge on any atom is 0.0852 e. The van der Waals surface area contributed by atoms with E-state index >= 15 is 0 Å². The highest BCUT2D eigenvalue weighted by molar-refractivity contribution is 5.22. The SMILES string of the molecule is CC(C)c1cn(CCCCCCc2ccc(CCCCCCn3cc(C(C)C)nn3)cc2)nn1. The Morgan fingerprint density at radius 3 is 1.29 bits per heavy atom. The van der Waals surface area contributed by atoms with Crippen molar-refractivity contribution in [3.63, 3.8) is 0 Å². The number of unbranched alkanes of at least 4 members (excludes halogenated alkanes) is 6. The molecule has 1 aromatic carbocycles. The minimum atomic E-state index is 0.453. The van der Waals surface area contributed by atoms with Crippen LogP contribution in [0.15, 0.2) is 36.7 Å². The molecule has 3 aromatic rings. The summed E-state index contributed by atoms with van der Waals surface area (Å²) in [6.07, 6.45) is 16.5. The lowest BCUT2D eigenvalue weighted by Crippen LogP contribution is -1.99. The Morgan fingerprint density at radius 1 is 0.559 bits per heavy atom. The standard InChI is InChI=1S/C28H44N6/c1-23(2)27-21-33(31-29-27)19-11-7-5-9-13-25-15-17-26(18-16-25)14-10-6-8-12-20-34-22-28(24(3)4)30-32-34/h15-18,21-24H,5-14,19-20H2,1-4H3. The van der Waals surface area contributed by atoms with Crippen molar-refractivity contribution in [1.29, 1.82) is 0 Å². The summed E-state index contributed by atoms with van der Waals surface area (Å²) in [6.45, 7) is 10.6. The Bertz CT molecular complexity index is 861. The first-order valence-electron chi connectivity index (χ1n) is 13.4. The van der Waals surface area contributed by atoms with Crippen LogP contribution in [0.3, 0.4) is 0 Å². The highest BCUT2D eigenvalue weighted by Crippen LogP contribution is 2.14. The van der Waals surface area contributed by atoms with Crippen LogP contribution in [0.1, 0.15) is 113 Å². The number of hydrogen-bond donors (Lipinski definition) is 0. The third kappa shape index (κ3) is 9.03. The maximum absolute atomic E-state index is 4.23. The molecule has 34 heavy (non-hydrogen) atoms. The number of benzene rings is 1. The topological polar surface area (TPSA) is 61.4 Å². The van der Waals surface area contributed by atoms with E-state index in [9.17, 15) is 0 Å². The summed E-state index contributed by atoms with van der Waals surface area (Å²) in [5.74, 6) is 0.907. The summed E-state index contributed by atoms with van der Waals surface area (Å²) in [6, 6.07) is 9.31. The molecule has 186 valence electrons. The van der Waals surface area contributed by atoms with E-state index in [2.05, 4.69) is 85.0 Å². The van der Waals surface area contributed by atoms with Gasteiger partial charge in [0.2, 0.25) is 0 Å². The number of hydrogen-bond acceptors (Lipinski definition) is 4. The second-order valence-corrected chi connectivity index (χ2v) is 10.3. The molecular formula is C28H44N6. The molecular weight excluding hydrogens is 420 g/mol. The molecule has 0 N–H and O–H groups in total. The van der Waals surface area contributed by atoms with E-state index in [1.165, 1.54) is 75.3 Å². The molecule has 0 aliphatic heterocycles. The number of aryl methyl sites for hydroxylation is 4. The molecule has 6 nitrogen and oxygen atoms in total. The number of nitrogens with zero attached hydrogens (tertiary/aromatic N) is 6. The Hall–Kier alpha value is -2.50. The van der Waals surface area contributed by atoms with E-state index in [-0.39, 0.29) is 0 Å². The zero-order valence-electron chi connectivity index (χ0n) is 21.8. The summed E-state index contributed by atoms with van der Waals surface area (Å²) in [7, 11) is 0. The van der Waals surface area contributed by atoms with Crippen LogP contribution in [-0.2, 0) is 25.9 Å². The molecule has 0 radical (unpaired) electrons. The van der Waals surface area contributed by atoms with Gasteiger partial charge in [0.15, 0.2) is 0 Å². The fraction of sp³-hybridized carbons (Fsp3) is 0.643. The molecule has 2 heterocycles. The molecule has 0 aliphatic carbocycles. The molecule has 3 rings (SSSR count).